The van der Waals surface area contributed by atoms with E-state index in [0.29, 0.717) is 17.9 Å². The SMILES string of the molecule is CCCC1CCC(C(N)Cc2cccc(F)c2F)CC1. The highest BCUT2D eigenvalue weighted by atomic mass is 19.2. The van der Waals surface area contributed by atoms with E-state index in [2.05, 4.69) is 6.92 Å². The minimum Gasteiger partial charge on any atom is -0.327 e. The maximum atomic E-state index is 13.7. The number of halogens is 2. The summed E-state index contributed by atoms with van der Waals surface area (Å²) in [6, 6.07) is 4.29. The summed E-state index contributed by atoms with van der Waals surface area (Å²) in [6.45, 7) is 2.23. The lowest BCUT2D eigenvalue weighted by Gasteiger charge is -2.32. The van der Waals surface area contributed by atoms with E-state index in [4.69, 9.17) is 5.73 Å². The highest BCUT2D eigenvalue weighted by Crippen LogP contribution is 2.33. The normalized spacial score (nSPS) is 24.6. The third kappa shape index (κ3) is 3.78. The number of rotatable bonds is 5. The van der Waals surface area contributed by atoms with Crippen molar-refractivity contribution in [1.29, 1.82) is 0 Å². The van der Waals surface area contributed by atoms with E-state index >= 15 is 0 Å². The summed E-state index contributed by atoms with van der Waals surface area (Å²) in [6.07, 6.45) is 7.71. The first kappa shape index (κ1) is 15.4. The van der Waals surface area contributed by atoms with E-state index in [1.54, 1.807) is 12.1 Å². The Kier molecular flexibility index (Phi) is 5.53. The molecule has 0 amide bonds. The molecule has 0 bridgehead atoms. The van der Waals surface area contributed by atoms with Crippen molar-refractivity contribution >= 4 is 0 Å². The molecule has 1 aliphatic carbocycles. The Bertz CT molecular complexity index is 425. The van der Waals surface area contributed by atoms with E-state index in [0.717, 1.165) is 24.8 Å². The predicted molar refractivity (Wildman–Crippen MR) is 78.4 cm³/mol. The van der Waals surface area contributed by atoms with Crippen LogP contribution in [0, 0.1) is 23.5 Å². The highest BCUT2D eigenvalue weighted by Gasteiger charge is 2.26. The van der Waals surface area contributed by atoms with E-state index < -0.39 is 11.6 Å². The predicted octanol–water partition coefficient (Wildman–Crippen LogP) is 4.44. The number of nitrogens with two attached hydrogens (primary N) is 1. The standard InChI is InChI=1S/C17H25F2N/c1-2-4-12-7-9-13(10-8-12)16(20)11-14-5-3-6-15(18)17(14)19/h3,5-6,12-13,16H,2,4,7-11,20H2,1H3. The molecule has 0 spiro atoms. The first-order valence-corrected chi connectivity index (χ1v) is 7.80. The molecule has 0 aromatic heterocycles. The van der Waals surface area contributed by atoms with Crippen LogP contribution in [0.1, 0.15) is 51.0 Å². The first-order valence-electron chi connectivity index (χ1n) is 7.80. The second-order valence-corrected chi connectivity index (χ2v) is 6.15. The lowest BCUT2D eigenvalue weighted by molar-refractivity contribution is 0.232. The maximum Gasteiger partial charge on any atom is 0.162 e. The van der Waals surface area contributed by atoms with Crippen molar-refractivity contribution in [1.82, 2.24) is 0 Å². The first-order chi connectivity index (χ1) is 9.61. The van der Waals surface area contributed by atoms with Gasteiger partial charge in [0.2, 0.25) is 0 Å². The van der Waals surface area contributed by atoms with Gasteiger partial charge in [-0.2, -0.15) is 0 Å². The van der Waals surface area contributed by atoms with Crippen molar-refractivity contribution in [3.8, 4) is 0 Å². The number of hydrogen-bond donors (Lipinski definition) is 1. The Morgan fingerprint density at radius 2 is 1.90 bits per heavy atom. The van der Waals surface area contributed by atoms with Crippen LogP contribution in [0.2, 0.25) is 0 Å². The summed E-state index contributed by atoms with van der Waals surface area (Å²) in [5.74, 6) is -0.218. The van der Waals surface area contributed by atoms with E-state index in [-0.39, 0.29) is 6.04 Å². The van der Waals surface area contributed by atoms with Crippen molar-refractivity contribution in [2.24, 2.45) is 17.6 Å². The molecule has 3 heteroatoms. The van der Waals surface area contributed by atoms with E-state index in [1.165, 1.54) is 25.7 Å². The number of benzene rings is 1. The summed E-state index contributed by atoms with van der Waals surface area (Å²) >= 11 is 0. The Hall–Kier alpha value is -0.960. The third-order valence-electron chi connectivity index (χ3n) is 4.68. The van der Waals surface area contributed by atoms with Gasteiger partial charge in [0.05, 0.1) is 0 Å². The minimum atomic E-state index is -0.777. The molecule has 112 valence electrons. The van der Waals surface area contributed by atoms with Gasteiger partial charge in [0.1, 0.15) is 0 Å². The van der Waals surface area contributed by atoms with Gasteiger partial charge in [-0.05, 0) is 42.7 Å². The summed E-state index contributed by atoms with van der Waals surface area (Å²) in [5, 5.41) is 0. The van der Waals surface area contributed by atoms with Gasteiger partial charge < -0.3 is 5.73 Å². The third-order valence-corrected chi connectivity index (χ3v) is 4.68. The topological polar surface area (TPSA) is 26.0 Å². The van der Waals surface area contributed by atoms with Gasteiger partial charge in [0.25, 0.3) is 0 Å². The molecule has 0 saturated heterocycles. The molecular formula is C17H25F2N. The van der Waals surface area contributed by atoms with E-state index in [9.17, 15) is 8.78 Å². The van der Waals surface area contributed by atoms with Crippen molar-refractivity contribution in [2.45, 2.75) is 57.9 Å². The Labute approximate surface area is 120 Å². The van der Waals surface area contributed by atoms with Crippen LogP contribution in [0.5, 0.6) is 0 Å². The summed E-state index contributed by atoms with van der Waals surface area (Å²) in [7, 11) is 0. The van der Waals surface area contributed by atoms with Gasteiger partial charge in [-0.1, -0.05) is 44.7 Å². The smallest absolute Gasteiger partial charge is 0.162 e. The molecule has 2 rings (SSSR count). The van der Waals surface area contributed by atoms with Crippen molar-refractivity contribution in [3.63, 3.8) is 0 Å². The minimum absolute atomic E-state index is 0.0612. The van der Waals surface area contributed by atoms with Crippen LogP contribution < -0.4 is 5.73 Å². The van der Waals surface area contributed by atoms with Gasteiger partial charge in [-0.15, -0.1) is 0 Å². The largest absolute Gasteiger partial charge is 0.327 e. The molecule has 1 saturated carbocycles. The van der Waals surface area contributed by atoms with Crippen LogP contribution in [0.15, 0.2) is 18.2 Å². The van der Waals surface area contributed by atoms with Crippen LogP contribution in [0.3, 0.4) is 0 Å². The van der Waals surface area contributed by atoms with Crippen LogP contribution in [-0.2, 0) is 6.42 Å². The van der Waals surface area contributed by atoms with Crippen LogP contribution in [0.4, 0.5) is 8.78 Å². The summed E-state index contributed by atoms with van der Waals surface area (Å²) in [5.41, 5.74) is 6.64. The van der Waals surface area contributed by atoms with E-state index in [1.807, 2.05) is 0 Å². The molecule has 1 fully saturated rings. The number of hydrogen-bond acceptors (Lipinski definition) is 1. The van der Waals surface area contributed by atoms with Crippen LogP contribution in [-0.4, -0.2) is 6.04 Å². The fraction of sp³-hybridized carbons (Fsp3) is 0.647. The fourth-order valence-corrected chi connectivity index (χ4v) is 3.44. The maximum absolute atomic E-state index is 13.7. The molecule has 1 aromatic carbocycles. The van der Waals surface area contributed by atoms with Crippen LogP contribution >= 0.6 is 0 Å². The second-order valence-electron chi connectivity index (χ2n) is 6.15. The van der Waals surface area contributed by atoms with Crippen molar-refractivity contribution < 1.29 is 8.78 Å². The van der Waals surface area contributed by atoms with Gasteiger partial charge in [0.15, 0.2) is 11.6 Å². The van der Waals surface area contributed by atoms with Crippen LogP contribution in [0.25, 0.3) is 0 Å². The second kappa shape index (κ2) is 7.16. The van der Waals surface area contributed by atoms with Gasteiger partial charge in [-0.25, -0.2) is 8.78 Å². The lowest BCUT2D eigenvalue weighted by Crippen LogP contribution is -2.35. The quantitative estimate of drug-likeness (QED) is 0.848. The fourth-order valence-electron chi connectivity index (χ4n) is 3.44. The van der Waals surface area contributed by atoms with Crippen molar-refractivity contribution in [2.75, 3.05) is 0 Å². The molecule has 1 aromatic rings. The molecular weight excluding hydrogens is 256 g/mol. The van der Waals surface area contributed by atoms with Crippen molar-refractivity contribution in [3.05, 3.63) is 35.4 Å². The Balaban J connectivity index is 1.89. The molecule has 20 heavy (non-hydrogen) atoms. The van der Waals surface area contributed by atoms with Gasteiger partial charge in [0, 0.05) is 6.04 Å². The molecule has 1 aliphatic rings. The Morgan fingerprint density at radius 1 is 1.20 bits per heavy atom. The van der Waals surface area contributed by atoms with Gasteiger partial charge >= 0.3 is 0 Å². The molecule has 1 unspecified atom stereocenters. The molecule has 0 aliphatic heterocycles. The molecule has 2 N–H and O–H groups in total. The summed E-state index contributed by atoms with van der Waals surface area (Å²) < 4.78 is 26.9. The monoisotopic (exact) mass is 281 g/mol. The molecule has 0 radical (unpaired) electrons. The summed E-state index contributed by atoms with van der Waals surface area (Å²) in [4.78, 5) is 0. The highest BCUT2D eigenvalue weighted by molar-refractivity contribution is 5.20. The van der Waals surface area contributed by atoms with Gasteiger partial charge in [-0.3, -0.25) is 0 Å². The zero-order valence-electron chi connectivity index (χ0n) is 12.2. The molecule has 1 nitrogen and oxygen atoms in total. The lowest BCUT2D eigenvalue weighted by atomic mass is 9.76. The zero-order valence-corrected chi connectivity index (χ0v) is 12.2. The average Bonchev–Trinajstić information content (AvgIpc) is 2.45. The zero-order chi connectivity index (χ0) is 14.5. The Morgan fingerprint density at radius 3 is 2.55 bits per heavy atom. The molecule has 0 heterocycles. The average molecular weight is 281 g/mol. The molecule has 1 atom stereocenters.